The van der Waals surface area contributed by atoms with Crippen molar-refractivity contribution in [1.82, 2.24) is 4.98 Å². The maximum Gasteiger partial charge on any atom is 0.278 e. The normalized spacial score (nSPS) is 10.1. The van der Waals surface area contributed by atoms with E-state index in [1.807, 2.05) is 30.5 Å². The van der Waals surface area contributed by atoms with E-state index in [2.05, 4.69) is 20.9 Å². The first-order valence-corrected chi connectivity index (χ1v) is 5.76. The Labute approximate surface area is 94.7 Å². The molecule has 0 saturated carbocycles. The summed E-state index contributed by atoms with van der Waals surface area (Å²) in [6, 6.07) is 5.86. The summed E-state index contributed by atoms with van der Waals surface area (Å²) in [6.45, 7) is 2.03. The van der Waals surface area contributed by atoms with Gasteiger partial charge in [0.05, 0.1) is 0 Å². The summed E-state index contributed by atoms with van der Waals surface area (Å²) < 4.78 is 6.63. The molecule has 1 aromatic carbocycles. The van der Waals surface area contributed by atoms with Crippen LogP contribution in [-0.4, -0.2) is 4.98 Å². The highest BCUT2D eigenvalue weighted by atomic mass is 79.9. The molecule has 0 amide bonds. The zero-order chi connectivity index (χ0) is 9.97. The van der Waals surface area contributed by atoms with Crippen LogP contribution < -0.4 is 4.74 Å². The smallest absolute Gasteiger partial charge is 0.278 e. The van der Waals surface area contributed by atoms with Gasteiger partial charge >= 0.3 is 0 Å². The Balaban J connectivity index is 2.22. The van der Waals surface area contributed by atoms with Gasteiger partial charge in [-0.1, -0.05) is 27.3 Å². The van der Waals surface area contributed by atoms with Crippen molar-refractivity contribution in [3.8, 4) is 10.9 Å². The van der Waals surface area contributed by atoms with Crippen LogP contribution in [0.1, 0.15) is 5.56 Å². The van der Waals surface area contributed by atoms with Gasteiger partial charge in [0.1, 0.15) is 5.75 Å². The first-order chi connectivity index (χ1) is 6.75. The minimum atomic E-state index is 0.673. The molecule has 1 aromatic heterocycles. The predicted octanol–water partition coefficient (Wildman–Crippen LogP) is 4.01. The SMILES string of the molecule is Cc1cc(Oc2nccs2)ccc1Br. The molecule has 1 heterocycles. The standard InChI is InChI=1S/C10H8BrNOS/c1-7-6-8(2-3-9(7)11)13-10-12-4-5-14-10/h2-6H,1H3. The minimum Gasteiger partial charge on any atom is -0.431 e. The number of aromatic nitrogens is 1. The van der Waals surface area contributed by atoms with Crippen molar-refractivity contribution < 1.29 is 4.74 Å². The highest BCUT2D eigenvalue weighted by molar-refractivity contribution is 9.10. The number of rotatable bonds is 2. The molecule has 2 rings (SSSR count). The van der Waals surface area contributed by atoms with Crippen LogP contribution >= 0.6 is 27.3 Å². The predicted molar refractivity (Wildman–Crippen MR) is 61.1 cm³/mol. The fourth-order valence-corrected chi connectivity index (χ4v) is 1.79. The second-order valence-electron chi connectivity index (χ2n) is 2.81. The Kier molecular flexibility index (Phi) is 2.84. The second kappa shape index (κ2) is 4.11. The highest BCUT2D eigenvalue weighted by Crippen LogP contribution is 2.26. The van der Waals surface area contributed by atoms with Gasteiger partial charge in [0.25, 0.3) is 5.19 Å². The number of hydrogen-bond acceptors (Lipinski definition) is 3. The number of hydrogen-bond donors (Lipinski definition) is 0. The van der Waals surface area contributed by atoms with Crippen molar-refractivity contribution in [3.05, 3.63) is 39.8 Å². The lowest BCUT2D eigenvalue weighted by molar-refractivity contribution is 0.478. The van der Waals surface area contributed by atoms with E-state index in [4.69, 9.17) is 4.74 Å². The summed E-state index contributed by atoms with van der Waals surface area (Å²) in [7, 11) is 0. The van der Waals surface area contributed by atoms with Crippen LogP contribution in [0.25, 0.3) is 0 Å². The monoisotopic (exact) mass is 269 g/mol. The lowest BCUT2D eigenvalue weighted by Gasteiger charge is -2.03. The fourth-order valence-electron chi connectivity index (χ4n) is 1.04. The molecule has 0 atom stereocenters. The number of thiazole rings is 1. The van der Waals surface area contributed by atoms with E-state index in [-0.39, 0.29) is 0 Å². The second-order valence-corrected chi connectivity index (χ2v) is 4.52. The van der Waals surface area contributed by atoms with Crippen LogP contribution in [0.2, 0.25) is 0 Å². The van der Waals surface area contributed by atoms with Crippen molar-refractivity contribution in [2.24, 2.45) is 0 Å². The third-order valence-corrected chi connectivity index (χ3v) is 3.28. The van der Waals surface area contributed by atoms with Gasteiger partial charge in [-0.2, -0.15) is 0 Å². The Hall–Kier alpha value is -0.870. The van der Waals surface area contributed by atoms with E-state index in [0.717, 1.165) is 15.8 Å². The quantitative estimate of drug-likeness (QED) is 0.822. The molecule has 2 nitrogen and oxygen atoms in total. The number of halogens is 1. The van der Waals surface area contributed by atoms with Crippen LogP contribution in [0.3, 0.4) is 0 Å². The summed E-state index contributed by atoms with van der Waals surface area (Å²) in [5, 5.41) is 2.56. The minimum absolute atomic E-state index is 0.673. The van der Waals surface area contributed by atoms with Crippen molar-refractivity contribution >= 4 is 27.3 Å². The number of nitrogens with zero attached hydrogens (tertiary/aromatic N) is 1. The lowest BCUT2D eigenvalue weighted by Crippen LogP contribution is -1.84. The first-order valence-electron chi connectivity index (χ1n) is 4.09. The number of aryl methyl sites for hydroxylation is 1. The molecule has 14 heavy (non-hydrogen) atoms. The molecular formula is C10H8BrNOS. The van der Waals surface area contributed by atoms with Gasteiger partial charge in [0, 0.05) is 16.0 Å². The zero-order valence-electron chi connectivity index (χ0n) is 7.53. The number of ether oxygens (including phenoxy) is 1. The van der Waals surface area contributed by atoms with Crippen LogP contribution in [0.15, 0.2) is 34.2 Å². The van der Waals surface area contributed by atoms with Crippen molar-refractivity contribution in [3.63, 3.8) is 0 Å². The van der Waals surface area contributed by atoms with Crippen LogP contribution in [0.4, 0.5) is 0 Å². The molecule has 72 valence electrons. The van der Waals surface area contributed by atoms with E-state index < -0.39 is 0 Å². The lowest BCUT2D eigenvalue weighted by atomic mass is 10.2. The maximum absolute atomic E-state index is 5.54. The summed E-state index contributed by atoms with van der Waals surface area (Å²) in [5.41, 5.74) is 1.15. The van der Waals surface area contributed by atoms with Gasteiger partial charge in [0.2, 0.25) is 0 Å². The molecule has 0 saturated heterocycles. The topological polar surface area (TPSA) is 22.1 Å². The van der Waals surface area contributed by atoms with Gasteiger partial charge in [-0.3, -0.25) is 0 Å². The molecular weight excluding hydrogens is 262 g/mol. The molecule has 0 unspecified atom stereocenters. The van der Waals surface area contributed by atoms with E-state index in [1.54, 1.807) is 6.20 Å². The molecule has 2 aromatic rings. The van der Waals surface area contributed by atoms with Crippen molar-refractivity contribution in [2.75, 3.05) is 0 Å². The fraction of sp³-hybridized carbons (Fsp3) is 0.100. The van der Waals surface area contributed by atoms with E-state index >= 15 is 0 Å². The first kappa shape index (κ1) is 9.68. The third-order valence-electron chi connectivity index (χ3n) is 1.74. The Bertz CT molecular complexity index is 428. The van der Waals surface area contributed by atoms with E-state index in [0.29, 0.717) is 5.19 Å². The third kappa shape index (κ3) is 2.13. The molecule has 0 aliphatic heterocycles. The summed E-state index contributed by atoms with van der Waals surface area (Å²) >= 11 is 4.92. The van der Waals surface area contributed by atoms with Crippen LogP contribution in [0.5, 0.6) is 10.9 Å². The largest absolute Gasteiger partial charge is 0.431 e. The van der Waals surface area contributed by atoms with Crippen molar-refractivity contribution in [1.29, 1.82) is 0 Å². The van der Waals surface area contributed by atoms with Gasteiger partial charge in [-0.25, -0.2) is 4.98 Å². The molecule has 0 fully saturated rings. The van der Waals surface area contributed by atoms with Gasteiger partial charge < -0.3 is 4.74 Å². The average molecular weight is 270 g/mol. The average Bonchev–Trinajstić information content (AvgIpc) is 2.64. The molecule has 0 aliphatic rings. The van der Waals surface area contributed by atoms with Crippen LogP contribution in [0, 0.1) is 6.92 Å². The molecule has 0 N–H and O–H groups in total. The maximum atomic E-state index is 5.54. The molecule has 0 spiro atoms. The molecule has 0 radical (unpaired) electrons. The summed E-state index contributed by atoms with van der Waals surface area (Å²) in [5.74, 6) is 0.820. The van der Waals surface area contributed by atoms with Gasteiger partial charge in [0.15, 0.2) is 0 Å². The van der Waals surface area contributed by atoms with E-state index in [9.17, 15) is 0 Å². The van der Waals surface area contributed by atoms with Gasteiger partial charge in [-0.15, -0.1) is 0 Å². The van der Waals surface area contributed by atoms with E-state index in [1.165, 1.54) is 11.3 Å². The Morgan fingerprint density at radius 2 is 2.29 bits per heavy atom. The van der Waals surface area contributed by atoms with Gasteiger partial charge in [-0.05, 0) is 30.7 Å². The molecule has 4 heteroatoms. The Morgan fingerprint density at radius 3 is 2.93 bits per heavy atom. The summed E-state index contributed by atoms with van der Waals surface area (Å²) in [4.78, 5) is 4.05. The molecule has 0 bridgehead atoms. The number of benzene rings is 1. The molecule has 0 aliphatic carbocycles. The Morgan fingerprint density at radius 1 is 1.43 bits per heavy atom. The summed E-state index contributed by atoms with van der Waals surface area (Å²) in [6.07, 6.45) is 1.73. The highest BCUT2D eigenvalue weighted by Gasteiger charge is 2.01. The zero-order valence-corrected chi connectivity index (χ0v) is 9.93. The van der Waals surface area contributed by atoms with Crippen LogP contribution in [-0.2, 0) is 0 Å². The van der Waals surface area contributed by atoms with Crippen molar-refractivity contribution in [2.45, 2.75) is 6.92 Å².